The lowest BCUT2D eigenvalue weighted by Crippen LogP contribution is -2.35. The summed E-state index contributed by atoms with van der Waals surface area (Å²) >= 11 is 5.83. The Bertz CT molecular complexity index is 506. The van der Waals surface area contributed by atoms with E-state index >= 15 is 0 Å². The number of halogens is 1. The molecule has 0 aliphatic rings. The molecule has 4 nitrogen and oxygen atoms in total. The molecular weight excluding hydrogens is 300 g/mol. The van der Waals surface area contributed by atoms with Gasteiger partial charge < -0.3 is 10.2 Å². The first-order valence-corrected chi connectivity index (χ1v) is 8.77. The van der Waals surface area contributed by atoms with Gasteiger partial charge in [0.1, 0.15) is 9.84 Å². The number of sulfone groups is 1. The van der Waals surface area contributed by atoms with E-state index in [1.807, 2.05) is 0 Å². The third-order valence-electron chi connectivity index (χ3n) is 3.61. The van der Waals surface area contributed by atoms with Crippen LogP contribution in [0.2, 0.25) is 5.02 Å². The second-order valence-corrected chi connectivity index (χ2v) is 7.85. The molecule has 0 heterocycles. The van der Waals surface area contributed by atoms with Crippen molar-refractivity contribution < 1.29 is 18.6 Å². The Hall–Kier alpha value is -0.620. The van der Waals surface area contributed by atoms with E-state index in [9.17, 15) is 18.6 Å². The summed E-state index contributed by atoms with van der Waals surface area (Å²) < 4.78 is 23.0. The molecule has 1 aromatic rings. The molecule has 6 heteroatoms. The van der Waals surface area contributed by atoms with Crippen LogP contribution < -0.4 is 0 Å². The molecule has 1 rings (SSSR count). The van der Waals surface area contributed by atoms with E-state index in [2.05, 4.69) is 0 Å². The Labute approximate surface area is 125 Å². The normalized spacial score (nSPS) is 12.6. The zero-order chi connectivity index (χ0) is 15.2. The summed E-state index contributed by atoms with van der Waals surface area (Å²) in [7, 11) is -3.03. The van der Waals surface area contributed by atoms with Crippen LogP contribution in [0.3, 0.4) is 0 Å². The van der Waals surface area contributed by atoms with Gasteiger partial charge in [-0.05, 0) is 30.5 Å². The highest BCUT2D eigenvalue weighted by Crippen LogP contribution is 2.30. The Balaban J connectivity index is 2.84. The maximum Gasteiger partial charge on any atom is 0.150 e. The summed E-state index contributed by atoms with van der Waals surface area (Å²) in [6.07, 6.45) is 0.806. The molecule has 20 heavy (non-hydrogen) atoms. The highest BCUT2D eigenvalue weighted by molar-refractivity contribution is 7.91. The number of benzene rings is 1. The monoisotopic (exact) mass is 320 g/mol. The highest BCUT2D eigenvalue weighted by Gasteiger charge is 2.31. The molecular formula is C14H21ClO4S. The molecule has 0 bridgehead atoms. The summed E-state index contributed by atoms with van der Waals surface area (Å²) in [5.74, 6) is 0.179. The van der Waals surface area contributed by atoms with E-state index in [1.54, 1.807) is 31.2 Å². The lowest BCUT2D eigenvalue weighted by atomic mass is 9.78. The van der Waals surface area contributed by atoms with Crippen LogP contribution in [-0.2, 0) is 15.3 Å². The van der Waals surface area contributed by atoms with E-state index in [0.29, 0.717) is 17.9 Å². The third kappa shape index (κ3) is 4.45. The zero-order valence-corrected chi connectivity index (χ0v) is 13.1. The smallest absolute Gasteiger partial charge is 0.150 e. The molecule has 0 saturated heterocycles. The predicted molar refractivity (Wildman–Crippen MR) is 80.9 cm³/mol. The Morgan fingerprint density at radius 1 is 1.15 bits per heavy atom. The Kier molecular flexibility index (Phi) is 6.45. The first kappa shape index (κ1) is 17.4. The second kappa shape index (κ2) is 7.41. The van der Waals surface area contributed by atoms with E-state index in [4.69, 9.17) is 11.6 Å². The average molecular weight is 321 g/mol. The van der Waals surface area contributed by atoms with E-state index in [1.165, 1.54) is 0 Å². The fraction of sp³-hybridized carbons (Fsp3) is 0.571. The van der Waals surface area contributed by atoms with Crippen molar-refractivity contribution in [3.05, 3.63) is 34.9 Å². The van der Waals surface area contributed by atoms with Crippen LogP contribution in [0.15, 0.2) is 24.3 Å². The van der Waals surface area contributed by atoms with Gasteiger partial charge in [-0.1, -0.05) is 30.7 Å². The summed E-state index contributed by atoms with van der Waals surface area (Å²) in [5.41, 5.74) is -0.0609. The molecule has 0 unspecified atom stereocenters. The van der Waals surface area contributed by atoms with Crippen molar-refractivity contribution in [3.63, 3.8) is 0 Å². The van der Waals surface area contributed by atoms with Crippen LogP contribution in [0, 0.1) is 0 Å². The van der Waals surface area contributed by atoms with Crippen LogP contribution in [0.1, 0.15) is 25.3 Å². The fourth-order valence-electron chi connectivity index (χ4n) is 2.11. The first-order chi connectivity index (χ1) is 9.39. The van der Waals surface area contributed by atoms with Gasteiger partial charge in [0, 0.05) is 16.2 Å². The van der Waals surface area contributed by atoms with Gasteiger partial charge in [0.15, 0.2) is 0 Å². The SMILES string of the molecule is CCS(=O)(=O)CCCC(CO)(CO)c1ccc(Cl)cc1. The van der Waals surface area contributed by atoms with Gasteiger partial charge in [0.05, 0.1) is 19.0 Å². The summed E-state index contributed by atoms with van der Waals surface area (Å²) in [6, 6.07) is 6.89. The maximum atomic E-state index is 11.5. The molecule has 0 amide bonds. The number of aliphatic hydroxyl groups is 2. The van der Waals surface area contributed by atoms with Gasteiger partial charge in [-0.2, -0.15) is 0 Å². The van der Waals surface area contributed by atoms with E-state index < -0.39 is 15.3 Å². The molecule has 0 fully saturated rings. The van der Waals surface area contributed by atoms with Gasteiger partial charge in [-0.3, -0.25) is 0 Å². The van der Waals surface area contributed by atoms with Crippen LogP contribution in [0.25, 0.3) is 0 Å². The number of rotatable bonds is 8. The molecule has 0 radical (unpaired) electrons. The van der Waals surface area contributed by atoms with Crippen LogP contribution in [0.4, 0.5) is 0 Å². The standard InChI is InChI=1S/C14H21ClO4S/c1-2-20(18,19)9-3-8-14(10-16,11-17)12-4-6-13(15)7-5-12/h4-7,16-17H,2-3,8-11H2,1H3. The maximum absolute atomic E-state index is 11.5. The lowest BCUT2D eigenvalue weighted by molar-refractivity contribution is 0.109. The number of hydrogen-bond donors (Lipinski definition) is 2. The number of hydrogen-bond acceptors (Lipinski definition) is 4. The van der Waals surface area contributed by atoms with E-state index in [-0.39, 0.29) is 24.7 Å². The highest BCUT2D eigenvalue weighted by atomic mass is 35.5. The van der Waals surface area contributed by atoms with Gasteiger partial charge in [0.2, 0.25) is 0 Å². The van der Waals surface area contributed by atoms with Crippen molar-refractivity contribution in [1.29, 1.82) is 0 Å². The quantitative estimate of drug-likeness (QED) is 0.765. The van der Waals surface area contributed by atoms with Crippen molar-refractivity contribution in [2.75, 3.05) is 24.7 Å². The molecule has 2 N–H and O–H groups in total. The second-order valence-electron chi connectivity index (χ2n) is 4.94. The van der Waals surface area contributed by atoms with Crippen LogP contribution >= 0.6 is 11.6 Å². The van der Waals surface area contributed by atoms with Gasteiger partial charge >= 0.3 is 0 Å². The van der Waals surface area contributed by atoms with Gasteiger partial charge in [-0.25, -0.2) is 8.42 Å². The Morgan fingerprint density at radius 3 is 2.15 bits per heavy atom. The molecule has 0 aliphatic heterocycles. The third-order valence-corrected chi connectivity index (χ3v) is 5.65. The molecule has 1 aromatic carbocycles. The summed E-state index contributed by atoms with van der Waals surface area (Å²) in [5, 5.41) is 19.9. The lowest BCUT2D eigenvalue weighted by Gasteiger charge is -2.30. The minimum atomic E-state index is -3.03. The largest absolute Gasteiger partial charge is 0.395 e. The van der Waals surface area contributed by atoms with Crippen molar-refractivity contribution in [3.8, 4) is 0 Å². The minimum absolute atomic E-state index is 0.0683. The number of aliphatic hydroxyl groups excluding tert-OH is 2. The first-order valence-electron chi connectivity index (χ1n) is 6.57. The molecule has 0 saturated carbocycles. The van der Waals surface area contributed by atoms with Crippen LogP contribution in [0.5, 0.6) is 0 Å². The molecule has 0 atom stereocenters. The molecule has 0 aromatic heterocycles. The van der Waals surface area contributed by atoms with Crippen molar-refractivity contribution in [1.82, 2.24) is 0 Å². The predicted octanol–water partition coefficient (Wildman–Crippen LogP) is 1.78. The van der Waals surface area contributed by atoms with E-state index in [0.717, 1.165) is 5.56 Å². The van der Waals surface area contributed by atoms with Gasteiger partial charge in [-0.15, -0.1) is 0 Å². The molecule has 114 valence electrons. The molecule has 0 spiro atoms. The van der Waals surface area contributed by atoms with Crippen molar-refractivity contribution in [2.24, 2.45) is 0 Å². The van der Waals surface area contributed by atoms with Gasteiger partial charge in [0.25, 0.3) is 0 Å². The average Bonchev–Trinajstić information content (AvgIpc) is 2.45. The van der Waals surface area contributed by atoms with Crippen molar-refractivity contribution >= 4 is 21.4 Å². The fourth-order valence-corrected chi connectivity index (χ4v) is 3.11. The summed E-state index contributed by atoms with van der Waals surface area (Å²) in [6.45, 7) is 1.13. The zero-order valence-electron chi connectivity index (χ0n) is 11.5. The Morgan fingerprint density at radius 2 is 1.70 bits per heavy atom. The molecule has 0 aliphatic carbocycles. The topological polar surface area (TPSA) is 74.6 Å². The summed E-state index contributed by atoms with van der Waals surface area (Å²) in [4.78, 5) is 0. The van der Waals surface area contributed by atoms with Crippen LogP contribution in [-0.4, -0.2) is 43.4 Å². The van der Waals surface area contributed by atoms with Crippen molar-refractivity contribution in [2.45, 2.75) is 25.2 Å². The minimum Gasteiger partial charge on any atom is -0.395 e.